The van der Waals surface area contributed by atoms with Crippen molar-refractivity contribution >= 4 is 0 Å². The first-order valence-electron chi connectivity index (χ1n) is 5.87. The van der Waals surface area contributed by atoms with Crippen molar-refractivity contribution in [2.75, 3.05) is 7.05 Å². The summed E-state index contributed by atoms with van der Waals surface area (Å²) in [6, 6.07) is 2.17. The first kappa shape index (κ1) is 12.7. The van der Waals surface area contributed by atoms with Crippen LogP contribution in [0.25, 0.3) is 0 Å². The Morgan fingerprint density at radius 3 is 2.62 bits per heavy atom. The quantitative estimate of drug-likeness (QED) is 0.793. The molecular weight excluding hydrogens is 200 g/mol. The maximum absolute atomic E-state index is 8.62. The van der Waals surface area contributed by atoms with Gasteiger partial charge >= 0.3 is 0 Å². The van der Waals surface area contributed by atoms with Crippen molar-refractivity contribution in [2.45, 2.75) is 46.2 Å². The van der Waals surface area contributed by atoms with Gasteiger partial charge in [0.15, 0.2) is 0 Å². The fraction of sp³-hybridized carbons (Fsp3) is 0.667. The van der Waals surface area contributed by atoms with Crippen LogP contribution in [-0.4, -0.2) is 16.8 Å². The molecule has 0 aliphatic rings. The van der Waals surface area contributed by atoms with Crippen LogP contribution in [0.4, 0.5) is 0 Å². The molecule has 0 radical (unpaired) electrons. The van der Waals surface area contributed by atoms with Crippen LogP contribution < -0.4 is 5.32 Å². The number of aryl methyl sites for hydroxylation is 2. The summed E-state index contributed by atoms with van der Waals surface area (Å²) in [7, 11) is 1.95. The van der Waals surface area contributed by atoms with Gasteiger partial charge in [0.2, 0.25) is 0 Å². The highest BCUT2D eigenvalue weighted by Crippen LogP contribution is 2.16. The Balaban J connectivity index is 3.04. The monoisotopic (exact) mass is 220 g/mol. The van der Waals surface area contributed by atoms with E-state index in [1.807, 2.05) is 11.7 Å². The van der Waals surface area contributed by atoms with Gasteiger partial charge in [-0.2, -0.15) is 10.4 Å². The molecule has 0 amide bonds. The number of aromatic nitrogens is 2. The summed E-state index contributed by atoms with van der Waals surface area (Å²) >= 11 is 0. The number of nitriles is 1. The topological polar surface area (TPSA) is 53.6 Å². The van der Waals surface area contributed by atoms with Gasteiger partial charge in [-0.3, -0.25) is 4.68 Å². The van der Waals surface area contributed by atoms with Gasteiger partial charge in [0.05, 0.1) is 24.7 Å². The van der Waals surface area contributed by atoms with E-state index in [9.17, 15) is 0 Å². The molecule has 0 fully saturated rings. The minimum atomic E-state index is 0.525. The molecule has 1 aromatic heterocycles. The Hall–Kier alpha value is -1.34. The third-order valence-corrected chi connectivity index (χ3v) is 2.71. The van der Waals surface area contributed by atoms with Crippen LogP contribution in [0.2, 0.25) is 0 Å². The highest BCUT2D eigenvalue weighted by Gasteiger charge is 2.14. The number of hydrogen-bond donors (Lipinski definition) is 1. The van der Waals surface area contributed by atoms with Crippen LogP contribution in [0.1, 0.15) is 37.2 Å². The molecule has 0 aliphatic carbocycles. The molecule has 0 aromatic carbocycles. The van der Waals surface area contributed by atoms with Crippen molar-refractivity contribution in [3.63, 3.8) is 0 Å². The minimum absolute atomic E-state index is 0.525. The second-order valence-corrected chi connectivity index (χ2v) is 3.74. The van der Waals surface area contributed by atoms with Crippen molar-refractivity contribution in [1.82, 2.24) is 15.1 Å². The smallest absolute Gasteiger partial charge is 0.0669 e. The third kappa shape index (κ3) is 2.61. The number of hydrogen-bond acceptors (Lipinski definition) is 3. The molecular formula is C12H20N4. The lowest BCUT2D eigenvalue weighted by molar-refractivity contribution is 0.590. The van der Waals surface area contributed by atoms with E-state index >= 15 is 0 Å². The van der Waals surface area contributed by atoms with Crippen LogP contribution in [0, 0.1) is 11.3 Å². The SMILES string of the molecule is CCc1nn(CCC#N)c(CC)c1CNC. The molecule has 0 spiro atoms. The normalized spacial score (nSPS) is 10.4. The Morgan fingerprint density at radius 1 is 1.38 bits per heavy atom. The van der Waals surface area contributed by atoms with Crippen molar-refractivity contribution < 1.29 is 0 Å². The largest absolute Gasteiger partial charge is 0.316 e. The second kappa shape index (κ2) is 6.29. The van der Waals surface area contributed by atoms with Gasteiger partial charge in [-0.1, -0.05) is 13.8 Å². The summed E-state index contributed by atoms with van der Waals surface area (Å²) in [4.78, 5) is 0. The van der Waals surface area contributed by atoms with Crippen LogP contribution in [0.3, 0.4) is 0 Å². The van der Waals surface area contributed by atoms with Crippen LogP contribution in [0.15, 0.2) is 0 Å². The average Bonchev–Trinajstić information content (AvgIpc) is 2.64. The molecule has 0 saturated carbocycles. The Morgan fingerprint density at radius 2 is 2.12 bits per heavy atom. The minimum Gasteiger partial charge on any atom is -0.316 e. The van der Waals surface area contributed by atoms with Gasteiger partial charge in [-0.05, 0) is 19.9 Å². The molecule has 0 saturated heterocycles. The summed E-state index contributed by atoms with van der Waals surface area (Å²) in [6.45, 7) is 5.82. The van der Waals surface area contributed by atoms with E-state index < -0.39 is 0 Å². The first-order valence-corrected chi connectivity index (χ1v) is 5.87. The zero-order chi connectivity index (χ0) is 12.0. The maximum Gasteiger partial charge on any atom is 0.0669 e. The highest BCUT2D eigenvalue weighted by atomic mass is 15.3. The first-order chi connectivity index (χ1) is 7.78. The lowest BCUT2D eigenvalue weighted by atomic mass is 10.1. The number of nitrogens with one attached hydrogen (secondary N) is 1. The molecule has 1 rings (SSSR count). The van der Waals surface area contributed by atoms with Gasteiger partial charge in [0, 0.05) is 17.8 Å². The van der Waals surface area contributed by atoms with E-state index in [1.54, 1.807) is 0 Å². The van der Waals surface area contributed by atoms with Gasteiger partial charge in [0.25, 0.3) is 0 Å². The molecule has 0 aliphatic heterocycles. The fourth-order valence-electron chi connectivity index (χ4n) is 1.99. The van der Waals surface area contributed by atoms with Gasteiger partial charge in [-0.25, -0.2) is 0 Å². The number of rotatable bonds is 6. The molecule has 88 valence electrons. The lowest BCUT2D eigenvalue weighted by Crippen LogP contribution is -2.10. The molecule has 0 bridgehead atoms. The van der Waals surface area contributed by atoms with E-state index in [0.29, 0.717) is 13.0 Å². The zero-order valence-corrected chi connectivity index (χ0v) is 10.4. The summed E-state index contributed by atoms with van der Waals surface area (Å²) < 4.78 is 1.99. The predicted octanol–water partition coefficient (Wildman–Crippen LogP) is 1.64. The Kier molecular flexibility index (Phi) is 5.00. The number of nitrogens with zero attached hydrogens (tertiary/aromatic N) is 3. The van der Waals surface area contributed by atoms with Crippen molar-refractivity contribution in [3.05, 3.63) is 17.0 Å². The van der Waals surface area contributed by atoms with Crippen LogP contribution >= 0.6 is 0 Å². The van der Waals surface area contributed by atoms with Crippen LogP contribution in [-0.2, 0) is 25.9 Å². The summed E-state index contributed by atoms with van der Waals surface area (Å²) in [5.41, 5.74) is 3.73. The highest BCUT2D eigenvalue weighted by molar-refractivity contribution is 5.26. The van der Waals surface area contributed by atoms with Crippen LogP contribution in [0.5, 0.6) is 0 Å². The fourth-order valence-corrected chi connectivity index (χ4v) is 1.99. The van der Waals surface area contributed by atoms with E-state index in [4.69, 9.17) is 5.26 Å². The van der Waals surface area contributed by atoms with Crippen molar-refractivity contribution in [1.29, 1.82) is 5.26 Å². The van der Waals surface area contributed by atoms with Crippen molar-refractivity contribution in [3.8, 4) is 6.07 Å². The molecule has 16 heavy (non-hydrogen) atoms. The molecule has 0 atom stereocenters. The van der Waals surface area contributed by atoms with E-state index in [1.165, 1.54) is 11.3 Å². The van der Waals surface area contributed by atoms with Gasteiger partial charge in [-0.15, -0.1) is 0 Å². The molecule has 1 aromatic rings. The molecule has 0 unspecified atom stereocenters. The average molecular weight is 220 g/mol. The maximum atomic E-state index is 8.62. The summed E-state index contributed by atoms with van der Waals surface area (Å²) in [6.07, 6.45) is 2.44. The van der Waals surface area contributed by atoms with E-state index in [-0.39, 0.29) is 0 Å². The Bertz CT molecular complexity index is 373. The van der Waals surface area contributed by atoms with Crippen molar-refractivity contribution in [2.24, 2.45) is 0 Å². The standard InChI is InChI=1S/C12H20N4/c1-4-11-10(9-14-3)12(5-2)16(15-11)8-6-7-13/h14H,4-6,8-9H2,1-3H3. The third-order valence-electron chi connectivity index (χ3n) is 2.71. The van der Waals surface area contributed by atoms with E-state index in [2.05, 4.69) is 30.3 Å². The molecule has 1 heterocycles. The second-order valence-electron chi connectivity index (χ2n) is 3.74. The molecule has 4 heteroatoms. The van der Waals surface area contributed by atoms with Gasteiger partial charge < -0.3 is 5.32 Å². The zero-order valence-electron chi connectivity index (χ0n) is 10.4. The molecule has 4 nitrogen and oxygen atoms in total. The summed E-state index contributed by atoms with van der Waals surface area (Å²) in [5.74, 6) is 0. The molecule has 1 N–H and O–H groups in total. The predicted molar refractivity (Wildman–Crippen MR) is 64.0 cm³/mol. The Labute approximate surface area is 97.3 Å². The summed E-state index contributed by atoms with van der Waals surface area (Å²) in [5, 5.41) is 16.4. The lowest BCUT2D eigenvalue weighted by Gasteiger charge is -2.05. The van der Waals surface area contributed by atoms with E-state index in [0.717, 1.165) is 25.1 Å². The van der Waals surface area contributed by atoms with Gasteiger partial charge in [0.1, 0.15) is 0 Å².